The minimum absolute atomic E-state index is 0.0470. The highest BCUT2D eigenvalue weighted by Gasteiger charge is 2.63. The summed E-state index contributed by atoms with van der Waals surface area (Å²) in [5.74, 6) is 0.242. The number of β-lactam (4-membered cyclic amide) rings is 1. The van der Waals surface area contributed by atoms with Crippen molar-refractivity contribution < 1.29 is 23.9 Å². The number of hydrogen-bond donors (Lipinski definition) is 1. The van der Waals surface area contributed by atoms with Crippen molar-refractivity contribution in [1.82, 2.24) is 15.1 Å². The van der Waals surface area contributed by atoms with E-state index in [2.05, 4.69) is 12.2 Å². The van der Waals surface area contributed by atoms with E-state index < -0.39 is 17.7 Å². The van der Waals surface area contributed by atoms with Gasteiger partial charge < -0.3 is 19.7 Å². The number of likely N-dealkylation sites (tertiary alicyclic amines) is 1. The molecular weight excluding hydrogens is 482 g/mol. The first kappa shape index (κ1) is 27.6. The van der Waals surface area contributed by atoms with Crippen molar-refractivity contribution in [1.29, 1.82) is 0 Å². The predicted molar refractivity (Wildman–Crippen MR) is 145 cm³/mol. The molecule has 38 heavy (non-hydrogen) atoms. The van der Waals surface area contributed by atoms with E-state index in [0.717, 1.165) is 24.0 Å². The van der Waals surface area contributed by atoms with Gasteiger partial charge in [0, 0.05) is 18.7 Å². The zero-order valence-corrected chi connectivity index (χ0v) is 22.9. The lowest BCUT2D eigenvalue weighted by atomic mass is 9.72. The lowest BCUT2D eigenvalue weighted by Crippen LogP contribution is -2.73. The van der Waals surface area contributed by atoms with Crippen molar-refractivity contribution in [3.63, 3.8) is 0 Å². The maximum atomic E-state index is 13.5. The second-order valence-electron chi connectivity index (χ2n) is 10.1. The summed E-state index contributed by atoms with van der Waals surface area (Å²) in [7, 11) is 0. The van der Waals surface area contributed by atoms with E-state index in [4.69, 9.17) is 9.47 Å². The van der Waals surface area contributed by atoms with Crippen molar-refractivity contribution in [2.24, 2.45) is 5.41 Å². The van der Waals surface area contributed by atoms with Crippen molar-refractivity contribution in [3.05, 3.63) is 65.2 Å². The molecule has 2 aliphatic heterocycles. The molecular formula is C30H39N3O5. The Labute approximate surface area is 225 Å². The fourth-order valence-corrected chi connectivity index (χ4v) is 5.28. The summed E-state index contributed by atoms with van der Waals surface area (Å²) in [4.78, 5) is 42.6. The summed E-state index contributed by atoms with van der Waals surface area (Å²) >= 11 is 0. The van der Waals surface area contributed by atoms with Gasteiger partial charge in [0.1, 0.15) is 11.2 Å². The number of carbonyl (C=O) groups is 3. The molecule has 0 spiro atoms. The quantitative estimate of drug-likeness (QED) is 0.466. The summed E-state index contributed by atoms with van der Waals surface area (Å²) in [5, 5.41) is 3.07. The van der Waals surface area contributed by atoms with Gasteiger partial charge >= 0.3 is 6.03 Å². The first-order chi connectivity index (χ1) is 18.3. The lowest BCUT2D eigenvalue weighted by Gasteiger charge is -2.53. The first-order valence-electron chi connectivity index (χ1n) is 13.7. The Bertz CT molecular complexity index is 1120. The number of ether oxygens (including phenoxy) is 2. The highest BCUT2D eigenvalue weighted by atomic mass is 16.5. The van der Waals surface area contributed by atoms with E-state index in [1.807, 2.05) is 45.0 Å². The molecule has 0 aliphatic carbocycles. The number of nitrogens with zero attached hydrogens (tertiary/aromatic N) is 2. The molecule has 0 aromatic heterocycles. The number of benzene rings is 2. The Hall–Kier alpha value is -3.39. The zero-order chi connectivity index (χ0) is 27.3. The SMILES string of the molecule is CCC[C@H](NC(=O)N1C(=O)C(CC)(CC)[C@@H]1Oc1ccc(C(=O)N2CCOCC2)cc1)c1ccc(C)cc1. The molecule has 2 fully saturated rings. The number of rotatable bonds is 9. The summed E-state index contributed by atoms with van der Waals surface area (Å²) in [5.41, 5.74) is 1.95. The smallest absolute Gasteiger partial charge is 0.327 e. The Morgan fingerprint density at radius 3 is 2.24 bits per heavy atom. The lowest BCUT2D eigenvalue weighted by molar-refractivity contribution is -0.191. The number of imide groups is 1. The molecule has 2 aliphatic rings. The number of nitrogens with one attached hydrogen (secondary N) is 1. The third-order valence-electron chi connectivity index (χ3n) is 7.83. The van der Waals surface area contributed by atoms with Crippen molar-refractivity contribution >= 4 is 17.8 Å². The Morgan fingerprint density at radius 2 is 1.66 bits per heavy atom. The van der Waals surface area contributed by atoms with Crippen LogP contribution in [-0.4, -0.2) is 60.2 Å². The molecule has 2 heterocycles. The topological polar surface area (TPSA) is 88.2 Å². The molecule has 204 valence electrons. The standard InChI is InChI=1S/C30H39N3O5/c1-5-8-25(22-11-9-21(4)10-12-22)31-29(36)33-27(35)30(6-2,7-3)28(33)38-24-15-13-23(14-16-24)26(34)32-17-19-37-20-18-32/h9-16,25,28H,5-8,17-20H2,1-4H3,(H,31,36)/t25-,28-/m0/s1. The molecule has 2 saturated heterocycles. The number of hydrogen-bond acceptors (Lipinski definition) is 5. The van der Waals surface area contributed by atoms with Crippen LogP contribution in [0.25, 0.3) is 0 Å². The second-order valence-corrected chi connectivity index (χ2v) is 10.1. The Kier molecular flexibility index (Phi) is 8.72. The van der Waals surface area contributed by atoms with E-state index in [0.29, 0.717) is 50.5 Å². The van der Waals surface area contributed by atoms with Gasteiger partial charge in [-0.1, -0.05) is 57.0 Å². The number of urea groups is 1. The summed E-state index contributed by atoms with van der Waals surface area (Å²) in [6, 6.07) is 14.4. The fraction of sp³-hybridized carbons (Fsp3) is 0.500. The van der Waals surface area contributed by atoms with Gasteiger partial charge in [0.2, 0.25) is 5.91 Å². The van der Waals surface area contributed by atoms with Crippen molar-refractivity contribution in [2.75, 3.05) is 26.3 Å². The van der Waals surface area contributed by atoms with Crippen LogP contribution in [0.2, 0.25) is 0 Å². The highest BCUT2D eigenvalue weighted by Crippen LogP contribution is 2.46. The monoisotopic (exact) mass is 521 g/mol. The fourth-order valence-electron chi connectivity index (χ4n) is 5.28. The van der Waals surface area contributed by atoms with Gasteiger partial charge in [0.15, 0.2) is 6.23 Å². The van der Waals surface area contributed by atoms with Crippen LogP contribution in [-0.2, 0) is 9.53 Å². The molecule has 0 radical (unpaired) electrons. The van der Waals surface area contributed by atoms with Gasteiger partial charge in [-0.15, -0.1) is 0 Å². The van der Waals surface area contributed by atoms with Gasteiger partial charge in [-0.25, -0.2) is 9.69 Å². The largest absolute Gasteiger partial charge is 0.469 e. The van der Waals surface area contributed by atoms with Crippen LogP contribution < -0.4 is 10.1 Å². The predicted octanol–water partition coefficient (Wildman–Crippen LogP) is 5.07. The number of amides is 4. The van der Waals surface area contributed by atoms with Crippen LogP contribution in [0.15, 0.2) is 48.5 Å². The molecule has 2 atom stereocenters. The third kappa shape index (κ3) is 5.41. The normalized spacial score (nSPS) is 19.5. The Morgan fingerprint density at radius 1 is 1.03 bits per heavy atom. The van der Waals surface area contributed by atoms with Crippen molar-refractivity contribution in [2.45, 2.75) is 65.6 Å². The first-order valence-corrected chi connectivity index (χ1v) is 13.7. The summed E-state index contributed by atoms with van der Waals surface area (Å²) in [6.07, 6.45) is 2.02. The van der Waals surface area contributed by atoms with Crippen LogP contribution in [0.3, 0.4) is 0 Å². The van der Waals surface area contributed by atoms with E-state index in [1.165, 1.54) is 4.90 Å². The van der Waals surface area contributed by atoms with E-state index >= 15 is 0 Å². The molecule has 0 saturated carbocycles. The average molecular weight is 522 g/mol. The van der Waals surface area contributed by atoms with Gasteiger partial charge in [0.25, 0.3) is 5.91 Å². The maximum Gasteiger partial charge on any atom is 0.327 e. The maximum absolute atomic E-state index is 13.5. The highest BCUT2D eigenvalue weighted by molar-refractivity contribution is 6.03. The molecule has 2 aromatic rings. The molecule has 2 aromatic carbocycles. The molecule has 8 heteroatoms. The van der Waals surface area contributed by atoms with Crippen LogP contribution >= 0.6 is 0 Å². The minimum atomic E-state index is -0.774. The number of carbonyl (C=O) groups excluding carboxylic acids is 3. The Balaban J connectivity index is 1.50. The van der Waals surface area contributed by atoms with Gasteiger partial charge in [0.05, 0.1) is 19.3 Å². The average Bonchev–Trinajstić information content (AvgIpc) is 2.94. The van der Waals surface area contributed by atoms with Gasteiger partial charge in [-0.3, -0.25) is 9.59 Å². The van der Waals surface area contributed by atoms with Gasteiger partial charge in [-0.05, 0) is 56.0 Å². The minimum Gasteiger partial charge on any atom is -0.469 e. The van der Waals surface area contributed by atoms with E-state index in [-0.39, 0.29) is 17.9 Å². The molecule has 0 bridgehead atoms. The molecule has 1 N–H and O–H groups in total. The van der Waals surface area contributed by atoms with Crippen LogP contribution in [0.5, 0.6) is 5.75 Å². The summed E-state index contributed by atoms with van der Waals surface area (Å²) < 4.78 is 11.6. The summed E-state index contributed by atoms with van der Waals surface area (Å²) in [6.45, 7) is 10.2. The van der Waals surface area contributed by atoms with Crippen molar-refractivity contribution in [3.8, 4) is 5.75 Å². The third-order valence-corrected chi connectivity index (χ3v) is 7.83. The second kappa shape index (κ2) is 12.0. The number of morpholine rings is 1. The van der Waals surface area contributed by atoms with Crippen LogP contribution in [0, 0.1) is 12.3 Å². The van der Waals surface area contributed by atoms with E-state index in [1.54, 1.807) is 29.2 Å². The van der Waals surface area contributed by atoms with E-state index in [9.17, 15) is 14.4 Å². The number of aryl methyl sites for hydroxylation is 1. The van der Waals surface area contributed by atoms with Gasteiger partial charge in [-0.2, -0.15) is 0 Å². The molecule has 4 rings (SSSR count). The molecule has 4 amide bonds. The zero-order valence-electron chi connectivity index (χ0n) is 22.9. The van der Waals surface area contributed by atoms with Crippen LogP contribution in [0.1, 0.15) is 74.0 Å². The molecule has 0 unspecified atom stereocenters. The molecule has 8 nitrogen and oxygen atoms in total. The van der Waals surface area contributed by atoms with Crippen LogP contribution in [0.4, 0.5) is 4.79 Å².